The molecule has 1 rings (SSSR count). The molecule has 1 fully saturated rings. The molecule has 1 heterocycles. The summed E-state index contributed by atoms with van der Waals surface area (Å²) < 4.78 is 0. The number of nitrogens with one attached hydrogen (secondary N) is 1. The van der Waals surface area contributed by atoms with Gasteiger partial charge in [0.05, 0.1) is 6.04 Å². The zero-order valence-electron chi connectivity index (χ0n) is 9.49. The second kappa shape index (κ2) is 4.75. The summed E-state index contributed by atoms with van der Waals surface area (Å²) in [7, 11) is 0. The summed E-state index contributed by atoms with van der Waals surface area (Å²) in [5, 5.41) is 3.59. The lowest BCUT2D eigenvalue weighted by Crippen LogP contribution is -2.37. The third kappa shape index (κ3) is 2.56. The molecule has 1 aliphatic rings. The predicted octanol–water partition coefficient (Wildman–Crippen LogP) is 1.69. The lowest BCUT2D eigenvalue weighted by atomic mass is 10.0. The Morgan fingerprint density at radius 2 is 2.20 bits per heavy atom. The van der Waals surface area contributed by atoms with Gasteiger partial charge in [0.25, 0.3) is 5.91 Å². The van der Waals surface area contributed by atoms with Crippen LogP contribution in [0.15, 0.2) is 12.7 Å². The van der Waals surface area contributed by atoms with Crippen LogP contribution in [0.4, 0.5) is 0 Å². The van der Waals surface area contributed by atoms with Gasteiger partial charge in [-0.2, -0.15) is 0 Å². The maximum absolute atomic E-state index is 12.0. The highest BCUT2D eigenvalue weighted by molar-refractivity contribution is 7.80. The first kappa shape index (κ1) is 12.2. The Hall–Kier alpha value is -0.900. The summed E-state index contributed by atoms with van der Waals surface area (Å²) in [5.74, 6) is 0.550. The van der Waals surface area contributed by atoms with Crippen molar-refractivity contribution < 1.29 is 4.79 Å². The molecule has 1 unspecified atom stereocenters. The van der Waals surface area contributed by atoms with Crippen molar-refractivity contribution >= 4 is 23.2 Å². The van der Waals surface area contributed by atoms with Gasteiger partial charge in [-0.3, -0.25) is 9.69 Å². The maximum atomic E-state index is 12.0. The van der Waals surface area contributed by atoms with E-state index in [9.17, 15) is 4.79 Å². The van der Waals surface area contributed by atoms with Crippen LogP contribution in [0.25, 0.3) is 0 Å². The Morgan fingerprint density at radius 3 is 2.67 bits per heavy atom. The number of carbonyl (C=O) groups excluding carboxylic acids is 1. The van der Waals surface area contributed by atoms with Crippen molar-refractivity contribution in [3.63, 3.8) is 0 Å². The number of rotatable bonds is 4. The predicted molar refractivity (Wildman–Crippen MR) is 65.5 cm³/mol. The first-order chi connectivity index (χ1) is 6.97. The van der Waals surface area contributed by atoms with E-state index in [-0.39, 0.29) is 18.0 Å². The molecule has 0 aromatic heterocycles. The first-order valence-electron chi connectivity index (χ1n) is 5.23. The third-order valence-corrected chi connectivity index (χ3v) is 2.82. The van der Waals surface area contributed by atoms with Crippen molar-refractivity contribution in [2.24, 2.45) is 5.92 Å². The van der Waals surface area contributed by atoms with E-state index in [1.54, 1.807) is 11.0 Å². The molecule has 0 aromatic rings. The average Bonchev–Trinajstić information content (AvgIpc) is 2.40. The normalized spacial score (nSPS) is 23.2. The number of hydrogen-bond donors (Lipinski definition) is 1. The van der Waals surface area contributed by atoms with Crippen molar-refractivity contribution in [3.8, 4) is 0 Å². The van der Waals surface area contributed by atoms with Crippen LogP contribution in [0.1, 0.15) is 27.2 Å². The molecule has 1 amide bonds. The van der Waals surface area contributed by atoms with Crippen LogP contribution in [-0.2, 0) is 4.79 Å². The molecule has 0 aromatic carbocycles. The van der Waals surface area contributed by atoms with Gasteiger partial charge in [-0.15, -0.1) is 6.58 Å². The van der Waals surface area contributed by atoms with E-state index in [2.05, 4.69) is 25.7 Å². The van der Waals surface area contributed by atoms with E-state index in [0.29, 0.717) is 11.0 Å². The van der Waals surface area contributed by atoms with Crippen molar-refractivity contribution in [1.82, 2.24) is 10.2 Å². The summed E-state index contributed by atoms with van der Waals surface area (Å²) in [6.07, 6.45) is 2.54. The van der Waals surface area contributed by atoms with Crippen LogP contribution in [0.5, 0.6) is 0 Å². The van der Waals surface area contributed by atoms with Gasteiger partial charge in [-0.05, 0) is 31.5 Å². The average molecular weight is 226 g/mol. The second-order valence-corrected chi connectivity index (χ2v) is 4.70. The Morgan fingerprint density at radius 1 is 1.60 bits per heavy atom. The van der Waals surface area contributed by atoms with Gasteiger partial charge >= 0.3 is 0 Å². The highest BCUT2D eigenvalue weighted by atomic mass is 32.1. The highest BCUT2D eigenvalue weighted by Gasteiger charge is 2.37. The summed E-state index contributed by atoms with van der Waals surface area (Å²) >= 11 is 5.14. The van der Waals surface area contributed by atoms with Gasteiger partial charge in [0, 0.05) is 0 Å². The first-order valence-corrected chi connectivity index (χ1v) is 5.64. The molecule has 0 saturated carbocycles. The quantitative estimate of drug-likeness (QED) is 0.585. The standard InChI is InChI=1S/C11H18N2OS/c1-5-8(4)13-10(14)9(6-7(2)3)12-11(13)15/h5,7-9H,1,6H2,2-4H3,(H,12,15)/t8?,9-/m0/s1. The minimum atomic E-state index is -0.153. The van der Waals surface area contributed by atoms with Crippen LogP contribution < -0.4 is 5.32 Å². The van der Waals surface area contributed by atoms with Gasteiger partial charge in [-0.1, -0.05) is 19.9 Å². The number of thiocarbonyl (C=S) groups is 1. The smallest absolute Gasteiger partial charge is 0.251 e. The summed E-state index contributed by atoms with van der Waals surface area (Å²) in [6, 6.07) is -0.186. The van der Waals surface area contributed by atoms with Crippen LogP contribution in [0.2, 0.25) is 0 Å². The Labute approximate surface area is 96.5 Å². The third-order valence-electron chi connectivity index (χ3n) is 2.51. The SMILES string of the molecule is C=CC(C)N1C(=O)[C@H](CC(C)C)NC1=S. The highest BCUT2D eigenvalue weighted by Crippen LogP contribution is 2.16. The van der Waals surface area contributed by atoms with Crippen LogP contribution in [0, 0.1) is 5.92 Å². The number of nitrogens with zero attached hydrogens (tertiary/aromatic N) is 1. The zero-order valence-corrected chi connectivity index (χ0v) is 10.3. The fourth-order valence-corrected chi connectivity index (χ4v) is 2.07. The summed E-state index contributed by atoms with van der Waals surface area (Å²) in [6.45, 7) is 9.78. The molecule has 2 atom stereocenters. The number of hydrogen-bond acceptors (Lipinski definition) is 2. The fraction of sp³-hybridized carbons (Fsp3) is 0.636. The molecule has 84 valence electrons. The molecule has 0 bridgehead atoms. The minimum absolute atomic E-state index is 0.0327. The lowest BCUT2D eigenvalue weighted by molar-refractivity contribution is -0.128. The number of amides is 1. The van der Waals surface area contributed by atoms with E-state index in [4.69, 9.17) is 12.2 Å². The van der Waals surface area contributed by atoms with Gasteiger partial charge in [0.1, 0.15) is 6.04 Å². The zero-order chi connectivity index (χ0) is 11.6. The van der Waals surface area contributed by atoms with E-state index >= 15 is 0 Å². The Balaban J connectivity index is 2.74. The van der Waals surface area contributed by atoms with E-state index in [0.717, 1.165) is 6.42 Å². The largest absolute Gasteiger partial charge is 0.350 e. The summed E-state index contributed by atoms with van der Waals surface area (Å²) in [4.78, 5) is 13.6. The number of carbonyl (C=O) groups is 1. The molecule has 0 aliphatic carbocycles. The minimum Gasteiger partial charge on any atom is -0.350 e. The van der Waals surface area contributed by atoms with Crippen molar-refractivity contribution in [2.45, 2.75) is 39.3 Å². The summed E-state index contributed by atoms with van der Waals surface area (Å²) in [5.41, 5.74) is 0. The van der Waals surface area contributed by atoms with Gasteiger partial charge < -0.3 is 5.32 Å². The molecule has 0 radical (unpaired) electrons. The van der Waals surface area contributed by atoms with E-state index in [1.165, 1.54) is 0 Å². The maximum Gasteiger partial charge on any atom is 0.251 e. The van der Waals surface area contributed by atoms with Gasteiger partial charge in [-0.25, -0.2) is 0 Å². The Kier molecular flexibility index (Phi) is 3.85. The molecule has 1 aliphatic heterocycles. The van der Waals surface area contributed by atoms with Crippen LogP contribution in [0.3, 0.4) is 0 Å². The second-order valence-electron chi connectivity index (χ2n) is 4.32. The molecule has 1 N–H and O–H groups in total. The van der Waals surface area contributed by atoms with Gasteiger partial charge in [0.15, 0.2) is 5.11 Å². The fourth-order valence-electron chi connectivity index (χ4n) is 1.67. The monoisotopic (exact) mass is 226 g/mol. The lowest BCUT2D eigenvalue weighted by Gasteiger charge is -2.19. The van der Waals surface area contributed by atoms with E-state index in [1.807, 2.05) is 6.92 Å². The topological polar surface area (TPSA) is 32.3 Å². The molecule has 15 heavy (non-hydrogen) atoms. The van der Waals surface area contributed by atoms with Crippen molar-refractivity contribution in [2.75, 3.05) is 0 Å². The molecule has 0 spiro atoms. The molecular formula is C11H18N2OS. The van der Waals surface area contributed by atoms with Crippen LogP contribution in [-0.4, -0.2) is 28.0 Å². The van der Waals surface area contributed by atoms with Gasteiger partial charge in [0.2, 0.25) is 0 Å². The van der Waals surface area contributed by atoms with Crippen molar-refractivity contribution in [3.05, 3.63) is 12.7 Å². The van der Waals surface area contributed by atoms with Crippen molar-refractivity contribution in [1.29, 1.82) is 0 Å². The molecule has 4 heteroatoms. The Bertz CT molecular complexity index is 288. The van der Waals surface area contributed by atoms with E-state index < -0.39 is 0 Å². The molecule has 3 nitrogen and oxygen atoms in total. The molecular weight excluding hydrogens is 208 g/mol. The molecule has 1 saturated heterocycles. The van der Waals surface area contributed by atoms with Crippen LogP contribution >= 0.6 is 12.2 Å².